The van der Waals surface area contributed by atoms with E-state index in [2.05, 4.69) is 15.6 Å². The van der Waals surface area contributed by atoms with E-state index in [1.807, 2.05) is 19.1 Å². The Hall–Kier alpha value is -3.22. The van der Waals surface area contributed by atoms with E-state index in [1.165, 1.54) is 18.5 Å². The zero-order valence-electron chi connectivity index (χ0n) is 14.2. The molecule has 1 aliphatic rings. The van der Waals surface area contributed by atoms with E-state index in [9.17, 15) is 14.4 Å². The molecule has 0 saturated heterocycles. The number of aromatic nitrogens is 1. The molecule has 26 heavy (non-hydrogen) atoms. The number of amides is 2. The first-order valence-corrected chi connectivity index (χ1v) is 8.34. The quantitative estimate of drug-likeness (QED) is 0.740. The van der Waals surface area contributed by atoms with Gasteiger partial charge in [0.05, 0.1) is 17.2 Å². The molecule has 1 fully saturated rings. The molecule has 1 saturated carbocycles. The van der Waals surface area contributed by atoms with Crippen molar-refractivity contribution in [3.05, 3.63) is 59.4 Å². The predicted molar refractivity (Wildman–Crippen MR) is 94.9 cm³/mol. The fourth-order valence-corrected chi connectivity index (χ4v) is 2.49. The van der Waals surface area contributed by atoms with Crippen LogP contribution in [-0.2, 0) is 4.79 Å². The molecule has 1 aromatic carbocycles. The number of carbonyl (C=O) groups excluding carboxylic acids is 2. The summed E-state index contributed by atoms with van der Waals surface area (Å²) in [4.78, 5) is 38.8. The lowest BCUT2D eigenvalue weighted by Crippen LogP contribution is -2.27. The van der Waals surface area contributed by atoms with Crippen molar-refractivity contribution >= 4 is 23.5 Å². The van der Waals surface area contributed by atoms with Gasteiger partial charge in [-0.05, 0) is 43.5 Å². The largest absolute Gasteiger partial charge is 0.478 e. The lowest BCUT2D eigenvalue weighted by molar-refractivity contribution is -0.117. The van der Waals surface area contributed by atoms with Gasteiger partial charge < -0.3 is 15.7 Å². The molecule has 1 unspecified atom stereocenters. The van der Waals surface area contributed by atoms with E-state index in [0.29, 0.717) is 0 Å². The number of nitrogens with one attached hydrogen (secondary N) is 2. The highest BCUT2D eigenvalue weighted by Gasteiger charge is 2.29. The van der Waals surface area contributed by atoms with Gasteiger partial charge in [0.1, 0.15) is 0 Å². The smallest absolute Gasteiger partial charge is 0.337 e. The van der Waals surface area contributed by atoms with Crippen molar-refractivity contribution < 1.29 is 19.5 Å². The highest BCUT2D eigenvalue weighted by Crippen LogP contribution is 2.30. The minimum Gasteiger partial charge on any atom is -0.478 e. The zero-order chi connectivity index (χ0) is 18.7. The molecule has 3 N–H and O–H groups in total. The monoisotopic (exact) mass is 353 g/mol. The zero-order valence-corrected chi connectivity index (χ0v) is 14.2. The maximum Gasteiger partial charge on any atom is 0.337 e. The van der Waals surface area contributed by atoms with Crippen molar-refractivity contribution in [3.63, 3.8) is 0 Å². The van der Waals surface area contributed by atoms with E-state index in [-0.39, 0.29) is 29.0 Å². The molecule has 1 aliphatic carbocycles. The van der Waals surface area contributed by atoms with E-state index in [0.717, 1.165) is 24.1 Å². The summed E-state index contributed by atoms with van der Waals surface area (Å²) in [7, 11) is 0. The molecule has 7 heteroatoms. The first-order valence-electron chi connectivity index (χ1n) is 8.34. The summed E-state index contributed by atoms with van der Waals surface area (Å²) in [5.41, 5.74) is 1.73. The number of hydrogen-bond donors (Lipinski definition) is 3. The molecule has 3 rings (SSSR count). The second kappa shape index (κ2) is 7.35. The molecule has 2 aromatic rings. The van der Waals surface area contributed by atoms with Crippen LogP contribution in [0.5, 0.6) is 0 Å². The Labute approximate surface area is 150 Å². The van der Waals surface area contributed by atoms with E-state index >= 15 is 0 Å². The van der Waals surface area contributed by atoms with Crippen molar-refractivity contribution in [2.75, 3.05) is 5.32 Å². The minimum absolute atomic E-state index is 0.0407. The highest BCUT2D eigenvalue weighted by atomic mass is 16.4. The van der Waals surface area contributed by atoms with Gasteiger partial charge in [-0.1, -0.05) is 12.1 Å². The minimum atomic E-state index is -1.14. The van der Waals surface area contributed by atoms with Crippen LogP contribution in [0.1, 0.15) is 52.1 Å². The molecular formula is C19H19N3O4. The van der Waals surface area contributed by atoms with Gasteiger partial charge in [-0.25, -0.2) is 4.79 Å². The number of carbonyl (C=O) groups is 3. The Kier molecular flexibility index (Phi) is 4.97. The fourth-order valence-electron chi connectivity index (χ4n) is 2.49. The van der Waals surface area contributed by atoms with Crippen LogP contribution in [0.25, 0.3) is 0 Å². The van der Waals surface area contributed by atoms with Gasteiger partial charge in [-0.15, -0.1) is 0 Å². The summed E-state index contributed by atoms with van der Waals surface area (Å²) in [6.45, 7) is 1.82. The van der Waals surface area contributed by atoms with Crippen molar-refractivity contribution in [2.45, 2.75) is 25.8 Å². The number of anilines is 1. The average molecular weight is 353 g/mol. The van der Waals surface area contributed by atoms with Crippen LogP contribution < -0.4 is 10.6 Å². The second-order valence-corrected chi connectivity index (χ2v) is 6.35. The third-order valence-corrected chi connectivity index (χ3v) is 4.22. The van der Waals surface area contributed by atoms with E-state index < -0.39 is 11.9 Å². The van der Waals surface area contributed by atoms with Crippen molar-refractivity contribution in [1.82, 2.24) is 10.3 Å². The maximum atomic E-state index is 12.3. The lowest BCUT2D eigenvalue weighted by atomic mass is 10.1. The maximum absolute atomic E-state index is 12.3. The Morgan fingerprint density at radius 1 is 1.12 bits per heavy atom. The summed E-state index contributed by atoms with van der Waals surface area (Å²) < 4.78 is 0. The van der Waals surface area contributed by atoms with Crippen molar-refractivity contribution in [3.8, 4) is 0 Å². The molecule has 1 heterocycles. The number of pyridine rings is 1. The number of hydrogen-bond acceptors (Lipinski definition) is 4. The van der Waals surface area contributed by atoms with E-state index in [4.69, 9.17) is 5.11 Å². The van der Waals surface area contributed by atoms with Gasteiger partial charge in [0, 0.05) is 24.0 Å². The molecule has 1 aromatic heterocycles. The number of carboxylic acid groups (broad SMARTS) is 1. The first-order chi connectivity index (χ1) is 12.4. The Morgan fingerprint density at radius 2 is 1.77 bits per heavy atom. The molecule has 134 valence electrons. The van der Waals surface area contributed by atoms with Crippen LogP contribution in [0.2, 0.25) is 0 Å². The van der Waals surface area contributed by atoms with Gasteiger partial charge in [-0.2, -0.15) is 0 Å². The first kappa shape index (κ1) is 17.6. The second-order valence-electron chi connectivity index (χ2n) is 6.35. The number of nitrogens with zero attached hydrogens (tertiary/aromatic N) is 1. The lowest BCUT2D eigenvalue weighted by Gasteiger charge is -2.15. The van der Waals surface area contributed by atoms with Crippen LogP contribution in [-0.4, -0.2) is 27.9 Å². The number of rotatable bonds is 6. The van der Waals surface area contributed by atoms with Gasteiger partial charge in [0.25, 0.3) is 5.91 Å². The molecule has 0 radical (unpaired) electrons. The third-order valence-electron chi connectivity index (χ3n) is 4.22. The van der Waals surface area contributed by atoms with Gasteiger partial charge in [0.2, 0.25) is 5.91 Å². The fraction of sp³-hybridized carbons (Fsp3) is 0.263. The highest BCUT2D eigenvalue weighted by molar-refractivity contribution is 5.97. The van der Waals surface area contributed by atoms with Gasteiger partial charge in [0.15, 0.2) is 0 Å². The van der Waals surface area contributed by atoms with Crippen molar-refractivity contribution in [2.24, 2.45) is 5.92 Å². The molecule has 2 amide bonds. The third kappa shape index (κ3) is 4.24. The number of aromatic carboxylic acids is 1. The molecule has 7 nitrogen and oxygen atoms in total. The van der Waals surface area contributed by atoms with Crippen molar-refractivity contribution in [1.29, 1.82) is 0 Å². The molecule has 0 aliphatic heterocycles. The van der Waals surface area contributed by atoms with Crippen LogP contribution in [0, 0.1) is 5.92 Å². The predicted octanol–water partition coefficient (Wildman–Crippen LogP) is 2.62. The molecule has 0 bridgehead atoms. The molecule has 0 spiro atoms. The van der Waals surface area contributed by atoms with Gasteiger partial charge in [-0.3, -0.25) is 14.6 Å². The summed E-state index contributed by atoms with van der Waals surface area (Å²) >= 11 is 0. The summed E-state index contributed by atoms with van der Waals surface area (Å²) in [6, 6.07) is 8.26. The summed E-state index contributed by atoms with van der Waals surface area (Å²) in [6.07, 6.45) is 4.41. The van der Waals surface area contributed by atoms with Crippen LogP contribution >= 0.6 is 0 Å². The van der Waals surface area contributed by atoms with Crippen LogP contribution in [0.15, 0.2) is 42.7 Å². The summed E-state index contributed by atoms with van der Waals surface area (Å²) in [5.74, 6) is -1.35. The van der Waals surface area contributed by atoms with E-state index in [1.54, 1.807) is 12.1 Å². The Bertz CT molecular complexity index is 844. The molecular weight excluding hydrogens is 334 g/mol. The van der Waals surface area contributed by atoms with Crippen LogP contribution in [0.4, 0.5) is 5.69 Å². The number of carboxylic acids is 1. The Morgan fingerprint density at radius 3 is 2.38 bits per heavy atom. The van der Waals surface area contributed by atoms with Gasteiger partial charge >= 0.3 is 5.97 Å². The normalized spacial score (nSPS) is 14.3. The number of benzene rings is 1. The van der Waals surface area contributed by atoms with Crippen LogP contribution in [0.3, 0.4) is 0 Å². The summed E-state index contributed by atoms with van der Waals surface area (Å²) in [5, 5.41) is 14.6. The molecule has 1 atom stereocenters. The average Bonchev–Trinajstić information content (AvgIpc) is 3.47. The topological polar surface area (TPSA) is 108 Å². The standard InChI is InChI=1S/C19H19N3O4/c1-11(21-18(24)14-8-15(19(25)26)10-20-9-14)12-4-6-16(7-5-12)22-17(23)13-2-3-13/h4-11,13H,2-3H2,1H3,(H,21,24)(H,22,23)(H,25,26). The SMILES string of the molecule is CC(NC(=O)c1cncc(C(=O)O)c1)c1ccc(NC(=O)C2CC2)cc1. The Balaban J connectivity index is 1.62.